The molecule has 14 rings (SSSR count). The summed E-state index contributed by atoms with van der Waals surface area (Å²) < 4.78 is 11.2. The van der Waals surface area contributed by atoms with Gasteiger partial charge >= 0.3 is 0 Å². The lowest BCUT2D eigenvalue weighted by Gasteiger charge is -2.34. The molecule has 70 heavy (non-hydrogen) atoms. The van der Waals surface area contributed by atoms with Crippen molar-refractivity contribution in [1.29, 1.82) is 0 Å². The molecule has 0 aliphatic rings. The van der Waals surface area contributed by atoms with Gasteiger partial charge in [-0.25, -0.2) is 0 Å². The van der Waals surface area contributed by atoms with Crippen LogP contribution in [-0.2, 0) is 0 Å². The highest BCUT2D eigenvalue weighted by molar-refractivity contribution is 7.19. The predicted molar refractivity (Wildman–Crippen MR) is 297 cm³/mol. The first-order chi connectivity index (χ1) is 34.7. The first kappa shape index (κ1) is 40.1. The van der Waals surface area contributed by atoms with Crippen molar-refractivity contribution >= 4 is 94.4 Å². The Morgan fingerprint density at radius 2 is 0.671 bits per heavy atom. The summed E-state index contributed by atoms with van der Waals surface area (Å²) in [6, 6.07) is 98.4. The van der Waals surface area contributed by atoms with Crippen LogP contribution in [0.5, 0.6) is 0 Å². The van der Waals surface area contributed by atoms with Gasteiger partial charge in [0.1, 0.15) is 11.2 Å². The van der Waals surface area contributed by atoms with Gasteiger partial charge in [0.2, 0.25) is 0 Å². The highest BCUT2D eigenvalue weighted by Gasteiger charge is 2.41. The Kier molecular flexibility index (Phi) is 9.23. The van der Waals surface area contributed by atoms with Crippen molar-refractivity contribution in [3.8, 4) is 33.6 Å². The molecule has 0 bridgehead atoms. The lowest BCUT2D eigenvalue weighted by molar-refractivity contribution is 0.669. The molecule has 0 radical (unpaired) electrons. The smallest absolute Gasteiger partial charge is 0.179 e. The second-order valence-corrected chi connectivity index (χ2v) is 22.2. The maximum atomic E-state index is 6.23. The van der Waals surface area contributed by atoms with Crippen molar-refractivity contribution in [2.75, 3.05) is 0 Å². The number of benzene rings is 11. The number of hydrogen-bond donors (Lipinski definition) is 0. The molecular weight excluding hydrogens is 865 g/mol. The van der Waals surface area contributed by atoms with Gasteiger partial charge < -0.3 is 13.6 Å². The van der Waals surface area contributed by atoms with E-state index in [1.807, 2.05) is 12.1 Å². The lowest BCUT2D eigenvalue weighted by atomic mass is 9.99. The molecule has 0 spiro atoms. The van der Waals surface area contributed by atoms with Crippen molar-refractivity contribution < 1.29 is 4.42 Å². The van der Waals surface area contributed by atoms with Gasteiger partial charge in [0.15, 0.2) is 8.07 Å². The quantitative estimate of drug-likeness (QED) is 0.110. The molecular formula is C66H44N2OSi. The van der Waals surface area contributed by atoms with Crippen LogP contribution in [0.25, 0.3) is 99.2 Å². The van der Waals surface area contributed by atoms with Gasteiger partial charge in [-0.3, -0.25) is 0 Å². The second-order valence-electron chi connectivity index (χ2n) is 18.4. The Morgan fingerprint density at radius 3 is 1.30 bits per heavy atom. The minimum absolute atomic E-state index is 0.904. The van der Waals surface area contributed by atoms with Gasteiger partial charge in [-0.1, -0.05) is 188 Å². The minimum Gasteiger partial charge on any atom is -0.456 e. The molecule has 328 valence electrons. The first-order valence-corrected chi connectivity index (χ1v) is 26.1. The molecule has 0 atom stereocenters. The average molecular weight is 909 g/mol. The van der Waals surface area contributed by atoms with Crippen LogP contribution in [-0.4, -0.2) is 17.2 Å². The summed E-state index contributed by atoms with van der Waals surface area (Å²) in [6.45, 7) is 0. The van der Waals surface area contributed by atoms with E-state index in [2.05, 4.69) is 264 Å². The summed E-state index contributed by atoms with van der Waals surface area (Å²) in [6.07, 6.45) is 0. The lowest BCUT2D eigenvalue weighted by Crippen LogP contribution is -2.74. The topological polar surface area (TPSA) is 23.0 Å². The zero-order chi connectivity index (χ0) is 46.2. The van der Waals surface area contributed by atoms with E-state index in [1.165, 1.54) is 81.0 Å². The molecule has 0 unspecified atom stereocenters. The zero-order valence-electron chi connectivity index (χ0n) is 38.2. The van der Waals surface area contributed by atoms with Crippen LogP contribution >= 0.6 is 0 Å². The standard InChI is InChI=1S/C66H44N2OSi/c1-5-18-45(19-6-1)46-32-36-62-57(40-46)58-41-47(48-34-39-66-60(42-48)56-29-14-16-31-65(56)69-66)33-37-63(58)68(62)50-35-38-64-59(44-50)55-28-13-15-30-61(55)67(64)49-20-17-27-54(43-49)70(51-21-7-2-8-22-51,52-23-9-3-10-24-52)53-25-11-4-12-26-53/h1-44H. The number of fused-ring (bicyclic) bond motifs is 9. The highest BCUT2D eigenvalue weighted by Crippen LogP contribution is 2.40. The van der Waals surface area contributed by atoms with Gasteiger partial charge in [-0.05, 0) is 122 Å². The van der Waals surface area contributed by atoms with E-state index in [9.17, 15) is 0 Å². The fourth-order valence-electron chi connectivity index (χ4n) is 11.5. The van der Waals surface area contributed by atoms with Crippen molar-refractivity contribution in [1.82, 2.24) is 9.13 Å². The number of hydrogen-bond acceptors (Lipinski definition) is 1. The van der Waals surface area contributed by atoms with E-state index in [0.717, 1.165) is 38.9 Å². The molecule has 3 heterocycles. The van der Waals surface area contributed by atoms with E-state index < -0.39 is 8.07 Å². The number of furan rings is 1. The monoisotopic (exact) mass is 908 g/mol. The van der Waals surface area contributed by atoms with Gasteiger partial charge in [0.05, 0.1) is 22.1 Å². The molecule has 0 aliphatic carbocycles. The SMILES string of the molecule is c1ccc(-c2ccc3c(c2)c2cc(-c4ccc5oc6ccccc6c5c4)ccc2n3-c2ccc3c(c2)c2ccccc2n3-c2cccc([Si](c3ccccc3)(c3ccccc3)c3ccccc3)c2)cc1. The van der Waals surface area contributed by atoms with Crippen LogP contribution in [0.2, 0.25) is 0 Å². The van der Waals surface area contributed by atoms with Gasteiger partial charge in [0.25, 0.3) is 0 Å². The molecule has 0 aliphatic heterocycles. The summed E-state index contributed by atoms with van der Waals surface area (Å²) >= 11 is 0. The van der Waals surface area contributed by atoms with Gasteiger partial charge in [0, 0.05) is 43.7 Å². The van der Waals surface area contributed by atoms with E-state index in [1.54, 1.807) is 0 Å². The fraction of sp³-hybridized carbons (Fsp3) is 0. The molecule has 0 saturated carbocycles. The van der Waals surface area contributed by atoms with Gasteiger partial charge in [-0.2, -0.15) is 0 Å². The van der Waals surface area contributed by atoms with Crippen LogP contribution in [0.4, 0.5) is 0 Å². The third-order valence-electron chi connectivity index (χ3n) is 14.7. The summed E-state index contributed by atoms with van der Waals surface area (Å²) in [4.78, 5) is 0. The molecule has 4 heteroatoms. The minimum atomic E-state index is -2.77. The number of nitrogens with zero attached hydrogens (tertiary/aromatic N) is 2. The van der Waals surface area contributed by atoms with Crippen LogP contribution in [0.15, 0.2) is 271 Å². The van der Waals surface area contributed by atoms with E-state index in [0.29, 0.717) is 0 Å². The first-order valence-electron chi connectivity index (χ1n) is 24.1. The van der Waals surface area contributed by atoms with Crippen LogP contribution in [0, 0.1) is 0 Å². The second kappa shape index (κ2) is 16.1. The van der Waals surface area contributed by atoms with E-state index >= 15 is 0 Å². The molecule has 0 saturated heterocycles. The Hall–Kier alpha value is -8.96. The van der Waals surface area contributed by atoms with Crippen molar-refractivity contribution in [3.05, 3.63) is 267 Å². The largest absolute Gasteiger partial charge is 0.456 e. The van der Waals surface area contributed by atoms with Crippen LogP contribution in [0.1, 0.15) is 0 Å². The summed E-state index contributed by atoms with van der Waals surface area (Å²) in [5, 5.41) is 12.5. The molecule has 0 fully saturated rings. The number of para-hydroxylation sites is 2. The predicted octanol–water partition coefficient (Wildman–Crippen LogP) is 14.5. The zero-order valence-corrected chi connectivity index (χ0v) is 39.2. The van der Waals surface area contributed by atoms with Crippen molar-refractivity contribution in [2.24, 2.45) is 0 Å². The molecule has 3 aromatic heterocycles. The van der Waals surface area contributed by atoms with Crippen molar-refractivity contribution in [3.63, 3.8) is 0 Å². The highest BCUT2D eigenvalue weighted by atomic mass is 28.3. The number of aromatic nitrogens is 2. The maximum absolute atomic E-state index is 6.23. The van der Waals surface area contributed by atoms with E-state index in [-0.39, 0.29) is 0 Å². The Bertz CT molecular complexity index is 4190. The molecule has 0 amide bonds. The normalized spacial score (nSPS) is 12.0. The molecule has 0 N–H and O–H groups in total. The van der Waals surface area contributed by atoms with Crippen molar-refractivity contribution in [2.45, 2.75) is 0 Å². The Morgan fingerprint density at radius 1 is 0.243 bits per heavy atom. The maximum Gasteiger partial charge on any atom is 0.179 e. The summed E-state index contributed by atoms with van der Waals surface area (Å²) in [5.74, 6) is 0. The summed E-state index contributed by atoms with van der Waals surface area (Å²) in [7, 11) is -2.77. The fourth-order valence-corrected chi connectivity index (χ4v) is 16.3. The Balaban J connectivity index is 0.964. The van der Waals surface area contributed by atoms with E-state index in [4.69, 9.17) is 4.42 Å². The molecule has 11 aromatic carbocycles. The molecule has 3 nitrogen and oxygen atoms in total. The average Bonchev–Trinajstić information content (AvgIpc) is 4.09. The summed E-state index contributed by atoms with van der Waals surface area (Å²) in [5.41, 5.74) is 13.5. The van der Waals surface area contributed by atoms with Crippen LogP contribution < -0.4 is 20.7 Å². The number of rotatable bonds is 8. The third-order valence-corrected chi connectivity index (χ3v) is 19.4. The molecule has 14 aromatic rings. The third kappa shape index (κ3) is 6.20. The van der Waals surface area contributed by atoms with Gasteiger partial charge in [-0.15, -0.1) is 0 Å². The van der Waals surface area contributed by atoms with Crippen LogP contribution in [0.3, 0.4) is 0 Å². The Labute approximate surface area is 406 Å².